The Labute approximate surface area is 204 Å². The van der Waals surface area contributed by atoms with Crippen LogP contribution in [-0.2, 0) is 22.7 Å². The maximum Gasteiger partial charge on any atom is 0.145 e. The van der Waals surface area contributed by atoms with E-state index in [9.17, 15) is 9.50 Å². The molecule has 34 heavy (non-hydrogen) atoms. The molecule has 2 atom stereocenters. The highest BCUT2D eigenvalue weighted by molar-refractivity contribution is 6.30. The van der Waals surface area contributed by atoms with Crippen LogP contribution in [0.3, 0.4) is 0 Å². The number of benzene rings is 3. The van der Waals surface area contributed by atoms with Crippen LogP contribution in [0.15, 0.2) is 84.0 Å². The molecule has 0 bridgehead atoms. The van der Waals surface area contributed by atoms with Crippen molar-refractivity contribution in [2.75, 3.05) is 19.7 Å². The Morgan fingerprint density at radius 2 is 1.82 bits per heavy atom. The molecule has 3 aromatic rings. The number of ether oxygens (including phenoxy) is 1. The maximum atomic E-state index is 13.7. The third-order valence-corrected chi connectivity index (χ3v) is 5.81. The second kappa shape index (κ2) is 12.1. The van der Waals surface area contributed by atoms with E-state index in [1.807, 2.05) is 60.7 Å². The molecule has 0 fully saturated rings. The lowest BCUT2D eigenvalue weighted by Crippen LogP contribution is -2.39. The number of halogens is 2. The van der Waals surface area contributed by atoms with Gasteiger partial charge in [0.15, 0.2) is 0 Å². The molecule has 0 aliphatic carbocycles. The van der Waals surface area contributed by atoms with Crippen LogP contribution in [0.1, 0.15) is 23.1 Å². The molecule has 0 unspecified atom stereocenters. The molecule has 1 aliphatic heterocycles. The normalized spacial score (nSPS) is 16.4. The zero-order chi connectivity index (χ0) is 23.8. The molecule has 0 spiro atoms. The minimum atomic E-state index is -0.699. The van der Waals surface area contributed by atoms with Crippen LogP contribution in [0.25, 0.3) is 0 Å². The second-order valence-corrected chi connectivity index (χ2v) is 8.89. The molecule has 7 heteroatoms. The predicted octanol–water partition coefficient (Wildman–Crippen LogP) is 5.05. The van der Waals surface area contributed by atoms with Gasteiger partial charge in [-0.15, -0.1) is 0 Å². The number of hydrogen-bond acceptors (Lipinski definition) is 5. The highest BCUT2D eigenvalue weighted by Gasteiger charge is 2.26. The Morgan fingerprint density at radius 1 is 1.06 bits per heavy atom. The van der Waals surface area contributed by atoms with E-state index in [0.29, 0.717) is 37.7 Å². The summed E-state index contributed by atoms with van der Waals surface area (Å²) in [6.07, 6.45) is -0.228. The topological polar surface area (TPSA) is 54.3 Å². The minimum absolute atomic E-state index is 0.170. The van der Waals surface area contributed by atoms with E-state index in [-0.39, 0.29) is 18.5 Å². The van der Waals surface area contributed by atoms with Crippen LogP contribution in [0.4, 0.5) is 4.39 Å². The van der Waals surface area contributed by atoms with Crippen molar-refractivity contribution in [1.82, 2.24) is 4.90 Å². The zero-order valence-electron chi connectivity index (χ0n) is 18.8. The van der Waals surface area contributed by atoms with Gasteiger partial charge in [-0.3, -0.25) is 4.90 Å². The molecule has 178 valence electrons. The third kappa shape index (κ3) is 7.37. The highest BCUT2D eigenvalue weighted by Crippen LogP contribution is 2.20. The molecule has 0 aromatic heterocycles. The Balaban J connectivity index is 1.34. The fourth-order valence-corrected chi connectivity index (χ4v) is 4.09. The predicted molar refractivity (Wildman–Crippen MR) is 131 cm³/mol. The van der Waals surface area contributed by atoms with Gasteiger partial charge in [-0.2, -0.15) is 0 Å². The number of hydrogen-bond donors (Lipinski definition) is 1. The molecule has 0 saturated heterocycles. The molecule has 5 nitrogen and oxygen atoms in total. The first-order chi connectivity index (χ1) is 16.5. The van der Waals surface area contributed by atoms with Crippen LogP contribution in [0.5, 0.6) is 0 Å². The van der Waals surface area contributed by atoms with Crippen LogP contribution in [0, 0.1) is 5.82 Å². The molecule has 4 rings (SSSR count). The molecule has 0 amide bonds. The fraction of sp³-hybridized carbons (Fsp3) is 0.296. The van der Waals surface area contributed by atoms with Crippen molar-refractivity contribution in [2.24, 2.45) is 5.16 Å². The Hall–Kier alpha value is -2.77. The van der Waals surface area contributed by atoms with E-state index in [1.165, 1.54) is 12.1 Å². The summed E-state index contributed by atoms with van der Waals surface area (Å²) >= 11 is 5.98. The van der Waals surface area contributed by atoms with Crippen LogP contribution < -0.4 is 0 Å². The maximum absolute atomic E-state index is 13.7. The number of rotatable bonds is 11. The number of nitrogens with zero attached hydrogens (tertiary/aromatic N) is 2. The minimum Gasteiger partial charge on any atom is -0.390 e. The number of aliphatic hydroxyl groups is 1. The van der Waals surface area contributed by atoms with Crippen molar-refractivity contribution in [1.29, 1.82) is 0 Å². The number of oxime groups is 1. The number of aliphatic hydroxyl groups excluding tert-OH is 1. The van der Waals surface area contributed by atoms with Gasteiger partial charge >= 0.3 is 0 Å². The summed E-state index contributed by atoms with van der Waals surface area (Å²) in [5, 5.41) is 15.6. The van der Waals surface area contributed by atoms with Gasteiger partial charge < -0.3 is 14.7 Å². The first-order valence-corrected chi connectivity index (χ1v) is 11.7. The average Bonchev–Trinajstić information content (AvgIpc) is 3.28. The molecule has 3 aromatic carbocycles. The standard InChI is InChI=1S/C27H28ClFN2O3/c28-23-11-9-22(10-12-23)27-14-26(34-30-27)17-31(15-21-7-4-8-24(29)13-21)16-25(32)19-33-18-20-5-2-1-3-6-20/h1-13,25-26,32H,14-19H2/t25-,26+/m0/s1. The second-order valence-electron chi connectivity index (χ2n) is 8.45. The van der Waals surface area contributed by atoms with Crippen molar-refractivity contribution in [3.63, 3.8) is 0 Å². The smallest absolute Gasteiger partial charge is 0.145 e. The van der Waals surface area contributed by atoms with Crippen LogP contribution >= 0.6 is 11.6 Å². The van der Waals surface area contributed by atoms with Gasteiger partial charge in [0.25, 0.3) is 0 Å². The first-order valence-electron chi connectivity index (χ1n) is 11.3. The lowest BCUT2D eigenvalue weighted by atomic mass is 10.0. The van der Waals surface area contributed by atoms with Gasteiger partial charge in [-0.25, -0.2) is 4.39 Å². The molecular formula is C27H28ClFN2O3. The molecule has 1 N–H and O–H groups in total. The van der Waals surface area contributed by atoms with E-state index in [4.69, 9.17) is 21.2 Å². The van der Waals surface area contributed by atoms with Crippen LogP contribution in [0.2, 0.25) is 5.02 Å². The molecule has 1 aliphatic rings. The van der Waals surface area contributed by atoms with Crippen molar-refractivity contribution >= 4 is 17.3 Å². The third-order valence-electron chi connectivity index (χ3n) is 5.56. The summed E-state index contributed by atoms with van der Waals surface area (Å²) < 4.78 is 19.4. The summed E-state index contributed by atoms with van der Waals surface area (Å²) in [5.74, 6) is -0.283. The fourth-order valence-electron chi connectivity index (χ4n) is 3.96. The molecular weight excluding hydrogens is 455 g/mol. The van der Waals surface area contributed by atoms with Gasteiger partial charge in [-0.05, 0) is 41.0 Å². The summed E-state index contributed by atoms with van der Waals surface area (Å²) in [7, 11) is 0. The van der Waals surface area contributed by atoms with E-state index < -0.39 is 6.10 Å². The van der Waals surface area contributed by atoms with E-state index >= 15 is 0 Å². The zero-order valence-corrected chi connectivity index (χ0v) is 19.6. The van der Waals surface area contributed by atoms with Gasteiger partial charge in [0.05, 0.1) is 25.0 Å². The average molecular weight is 483 g/mol. The summed E-state index contributed by atoms with van der Waals surface area (Å²) in [6, 6.07) is 23.8. The van der Waals surface area contributed by atoms with Crippen LogP contribution in [-0.4, -0.2) is 47.6 Å². The lowest BCUT2D eigenvalue weighted by Gasteiger charge is -2.27. The largest absolute Gasteiger partial charge is 0.390 e. The van der Waals surface area contributed by atoms with Crippen molar-refractivity contribution in [3.8, 4) is 0 Å². The SMILES string of the molecule is O[C@H](COCc1ccccc1)CN(Cc1cccc(F)c1)C[C@H]1CC(c2ccc(Cl)cc2)=NO1. The summed E-state index contributed by atoms with van der Waals surface area (Å²) in [4.78, 5) is 7.74. The van der Waals surface area contributed by atoms with E-state index in [2.05, 4.69) is 10.1 Å². The monoisotopic (exact) mass is 482 g/mol. The quantitative estimate of drug-likeness (QED) is 0.415. The van der Waals surface area contributed by atoms with Crippen molar-refractivity contribution in [3.05, 3.63) is 106 Å². The van der Waals surface area contributed by atoms with E-state index in [0.717, 1.165) is 22.4 Å². The van der Waals surface area contributed by atoms with Gasteiger partial charge in [-0.1, -0.05) is 71.4 Å². The summed E-state index contributed by atoms with van der Waals surface area (Å²) in [5.41, 5.74) is 3.71. The molecule has 0 saturated carbocycles. The Morgan fingerprint density at radius 3 is 2.59 bits per heavy atom. The Bertz CT molecular complexity index is 1080. The van der Waals surface area contributed by atoms with E-state index in [1.54, 1.807) is 6.07 Å². The first kappa shape index (κ1) is 24.4. The van der Waals surface area contributed by atoms with Crippen molar-refractivity contribution < 1.29 is 19.1 Å². The highest BCUT2D eigenvalue weighted by atomic mass is 35.5. The van der Waals surface area contributed by atoms with Crippen molar-refractivity contribution in [2.45, 2.75) is 31.8 Å². The van der Waals surface area contributed by atoms with Gasteiger partial charge in [0, 0.05) is 31.1 Å². The molecule has 0 radical (unpaired) electrons. The Kier molecular flexibility index (Phi) is 8.66. The van der Waals surface area contributed by atoms with Gasteiger partial charge in [0.1, 0.15) is 11.9 Å². The molecule has 1 heterocycles. The van der Waals surface area contributed by atoms with Gasteiger partial charge in [0.2, 0.25) is 0 Å². The lowest BCUT2D eigenvalue weighted by molar-refractivity contribution is -0.00650. The summed E-state index contributed by atoms with van der Waals surface area (Å²) in [6.45, 7) is 2.01.